The normalized spacial score (nSPS) is 14.1. The summed E-state index contributed by atoms with van der Waals surface area (Å²) in [6.07, 6.45) is -7.99. The molecule has 5 nitrogen and oxygen atoms in total. The molecule has 0 spiro atoms. The first-order valence-corrected chi connectivity index (χ1v) is 11.4. The fraction of sp³-hybridized carbons (Fsp3) is 0.391. The summed E-state index contributed by atoms with van der Waals surface area (Å²) in [5, 5.41) is 17.6. The van der Waals surface area contributed by atoms with E-state index >= 15 is 0 Å². The first-order valence-electron chi connectivity index (χ1n) is 10.6. The van der Waals surface area contributed by atoms with Crippen LogP contribution in [-0.2, 0) is 24.3 Å². The number of nitrogens with two attached hydrogens (primary N) is 1. The molecule has 1 aromatic heterocycles. The number of aryl methyl sites for hydroxylation is 1. The number of ether oxygens (including phenoxy) is 1. The Morgan fingerprint density at radius 1 is 0.971 bits per heavy atom. The number of aromatic nitrogens is 2. The second-order valence-electron chi connectivity index (χ2n) is 8.20. The Morgan fingerprint density at radius 2 is 1.71 bits per heavy atom. The van der Waals surface area contributed by atoms with E-state index < -0.39 is 35.6 Å². The second-order valence-corrected chi connectivity index (χ2v) is 9.18. The number of rotatable bonds is 9. The van der Waals surface area contributed by atoms with Crippen molar-refractivity contribution >= 4 is 11.3 Å². The smallest absolute Gasteiger partial charge is 0.419 e. The number of alkyl halides is 6. The minimum Gasteiger partial charge on any atom is -0.493 e. The summed E-state index contributed by atoms with van der Waals surface area (Å²) in [5.74, 6) is -0.357. The van der Waals surface area contributed by atoms with Gasteiger partial charge in [-0.1, -0.05) is 29.5 Å². The van der Waals surface area contributed by atoms with Gasteiger partial charge in [-0.15, -0.1) is 10.2 Å². The lowest BCUT2D eigenvalue weighted by Crippen LogP contribution is -2.36. The molecule has 0 aliphatic carbocycles. The number of benzene rings is 2. The summed E-state index contributed by atoms with van der Waals surface area (Å²) >= 11 is 0.982. The van der Waals surface area contributed by atoms with Crippen molar-refractivity contribution in [1.29, 1.82) is 0 Å². The molecule has 3 aromatic rings. The lowest BCUT2D eigenvalue weighted by atomic mass is 10.1. The quantitative estimate of drug-likeness (QED) is 0.276. The van der Waals surface area contributed by atoms with Crippen LogP contribution in [0.1, 0.15) is 41.5 Å². The van der Waals surface area contributed by atoms with Crippen molar-refractivity contribution in [2.24, 2.45) is 5.73 Å². The van der Waals surface area contributed by atoms with Gasteiger partial charge in [0.15, 0.2) is 0 Å². The molecule has 0 amide bonds. The van der Waals surface area contributed by atoms with Gasteiger partial charge in [0, 0.05) is 5.56 Å². The van der Waals surface area contributed by atoms with E-state index in [-0.39, 0.29) is 27.9 Å². The van der Waals surface area contributed by atoms with Gasteiger partial charge < -0.3 is 15.6 Å². The molecule has 1 atom stereocenters. The third-order valence-corrected chi connectivity index (χ3v) is 6.40. The number of aliphatic hydroxyl groups excluding tert-OH is 1. The van der Waals surface area contributed by atoms with Crippen molar-refractivity contribution in [1.82, 2.24) is 10.2 Å². The molecule has 0 saturated heterocycles. The van der Waals surface area contributed by atoms with Crippen molar-refractivity contribution in [3.63, 3.8) is 0 Å². The van der Waals surface area contributed by atoms with Gasteiger partial charge in [-0.25, -0.2) is 0 Å². The van der Waals surface area contributed by atoms with Crippen molar-refractivity contribution in [3.8, 4) is 16.3 Å². The van der Waals surface area contributed by atoms with Gasteiger partial charge >= 0.3 is 12.4 Å². The Morgan fingerprint density at radius 3 is 2.37 bits per heavy atom. The molecular weight excluding hydrogens is 496 g/mol. The Kier molecular flexibility index (Phi) is 8.07. The molecule has 0 saturated carbocycles. The predicted molar refractivity (Wildman–Crippen MR) is 119 cm³/mol. The van der Waals surface area contributed by atoms with E-state index in [4.69, 9.17) is 10.5 Å². The van der Waals surface area contributed by atoms with E-state index in [1.807, 2.05) is 0 Å². The molecular formula is C23H23F6N3O2S. The molecule has 0 bridgehead atoms. The SMILES string of the molecule is CC(N)(CO)c1nnc(-c2ccc(OCCCCc3cccc(C(F)(F)F)c3)c(C(F)(F)F)c2)s1. The third-order valence-electron chi connectivity index (χ3n) is 5.15. The molecule has 0 aliphatic rings. The molecule has 0 radical (unpaired) electrons. The van der Waals surface area contributed by atoms with Gasteiger partial charge in [-0.3, -0.25) is 0 Å². The van der Waals surface area contributed by atoms with E-state index in [0.717, 1.165) is 29.5 Å². The highest BCUT2D eigenvalue weighted by atomic mass is 32.1. The standard InChI is InChI=1S/C23H23F6N3O2S/c1-21(30,13-33)20-32-31-19(35-20)15-8-9-18(17(12-15)23(27,28)29)34-10-3-2-5-14-6-4-7-16(11-14)22(24,25)26/h4,6-9,11-12,33H,2-3,5,10,13,30H2,1H3. The van der Waals surface area contributed by atoms with Crippen LogP contribution in [0.15, 0.2) is 42.5 Å². The van der Waals surface area contributed by atoms with Gasteiger partial charge in [-0.05, 0) is 56.0 Å². The highest BCUT2D eigenvalue weighted by Crippen LogP contribution is 2.40. The lowest BCUT2D eigenvalue weighted by Gasteiger charge is -2.17. The molecule has 35 heavy (non-hydrogen) atoms. The summed E-state index contributed by atoms with van der Waals surface area (Å²) < 4.78 is 84.8. The average molecular weight is 520 g/mol. The van der Waals surface area contributed by atoms with E-state index in [0.29, 0.717) is 24.8 Å². The number of hydrogen-bond acceptors (Lipinski definition) is 6. The second kappa shape index (κ2) is 10.5. The molecule has 3 rings (SSSR count). The molecule has 0 aliphatic heterocycles. The van der Waals surface area contributed by atoms with Gasteiger partial charge in [0.2, 0.25) is 0 Å². The van der Waals surface area contributed by atoms with Gasteiger partial charge in [0.05, 0.1) is 29.9 Å². The lowest BCUT2D eigenvalue weighted by molar-refractivity contribution is -0.139. The molecule has 3 N–H and O–H groups in total. The first-order chi connectivity index (χ1) is 16.3. The van der Waals surface area contributed by atoms with Gasteiger partial charge in [0.25, 0.3) is 0 Å². The van der Waals surface area contributed by atoms with Gasteiger partial charge in [0.1, 0.15) is 15.8 Å². The van der Waals surface area contributed by atoms with E-state index in [1.165, 1.54) is 25.1 Å². The Balaban J connectivity index is 1.65. The minimum absolute atomic E-state index is 0.0353. The fourth-order valence-electron chi connectivity index (χ4n) is 3.17. The molecule has 2 aromatic carbocycles. The van der Waals surface area contributed by atoms with Crippen molar-refractivity contribution < 1.29 is 36.2 Å². The first kappa shape index (κ1) is 26.9. The van der Waals surface area contributed by atoms with E-state index in [9.17, 15) is 31.4 Å². The number of unbranched alkanes of at least 4 members (excludes halogenated alkanes) is 1. The fourth-order valence-corrected chi connectivity index (χ4v) is 4.05. The maximum atomic E-state index is 13.7. The summed E-state index contributed by atoms with van der Waals surface area (Å²) in [6.45, 7) is 1.09. The number of hydrogen-bond donors (Lipinski definition) is 2. The Labute approximate surface area is 201 Å². The molecule has 0 fully saturated rings. The molecule has 190 valence electrons. The van der Waals surface area contributed by atoms with Gasteiger partial charge in [-0.2, -0.15) is 26.3 Å². The molecule has 1 heterocycles. The maximum Gasteiger partial charge on any atom is 0.419 e. The van der Waals surface area contributed by atoms with Crippen LogP contribution in [0.3, 0.4) is 0 Å². The van der Waals surface area contributed by atoms with Crippen LogP contribution in [0, 0.1) is 0 Å². The van der Waals surface area contributed by atoms with Crippen molar-refractivity contribution in [2.75, 3.05) is 13.2 Å². The molecule has 12 heteroatoms. The van der Waals surface area contributed by atoms with E-state index in [2.05, 4.69) is 10.2 Å². The Hall–Kier alpha value is -2.70. The van der Waals surface area contributed by atoms with Crippen LogP contribution < -0.4 is 10.5 Å². The Bertz CT molecular complexity index is 1140. The maximum absolute atomic E-state index is 13.7. The summed E-state index contributed by atoms with van der Waals surface area (Å²) in [5.41, 5.74) is 3.68. The zero-order chi connectivity index (χ0) is 25.9. The van der Waals surface area contributed by atoms with Crippen molar-refractivity contribution in [3.05, 3.63) is 64.2 Å². The summed E-state index contributed by atoms with van der Waals surface area (Å²) in [4.78, 5) is 0. The van der Waals surface area contributed by atoms with Crippen LogP contribution in [0.4, 0.5) is 26.3 Å². The summed E-state index contributed by atoms with van der Waals surface area (Å²) in [7, 11) is 0. The molecule has 1 unspecified atom stereocenters. The number of aliphatic hydroxyl groups is 1. The van der Waals surface area contributed by atoms with E-state index in [1.54, 1.807) is 6.07 Å². The van der Waals surface area contributed by atoms with Crippen LogP contribution in [0.5, 0.6) is 5.75 Å². The zero-order valence-corrected chi connectivity index (χ0v) is 19.4. The largest absolute Gasteiger partial charge is 0.493 e. The number of nitrogens with zero attached hydrogens (tertiary/aromatic N) is 2. The third kappa shape index (κ3) is 6.92. The highest BCUT2D eigenvalue weighted by molar-refractivity contribution is 7.14. The van der Waals surface area contributed by atoms with Crippen LogP contribution >= 0.6 is 11.3 Å². The minimum atomic E-state index is -4.69. The average Bonchev–Trinajstić information content (AvgIpc) is 3.29. The predicted octanol–water partition coefficient (Wildman–Crippen LogP) is 5.81. The monoisotopic (exact) mass is 519 g/mol. The summed E-state index contributed by atoms with van der Waals surface area (Å²) in [6, 6.07) is 8.47. The van der Waals surface area contributed by atoms with Crippen LogP contribution in [-0.4, -0.2) is 28.5 Å². The zero-order valence-electron chi connectivity index (χ0n) is 18.6. The van der Waals surface area contributed by atoms with Crippen LogP contribution in [0.2, 0.25) is 0 Å². The van der Waals surface area contributed by atoms with Crippen LogP contribution in [0.25, 0.3) is 10.6 Å². The highest BCUT2D eigenvalue weighted by Gasteiger charge is 2.35. The topological polar surface area (TPSA) is 81.3 Å². The van der Waals surface area contributed by atoms with Crippen molar-refractivity contribution in [2.45, 2.75) is 44.1 Å². The number of halogens is 6.